The Labute approximate surface area is 108 Å². The molecule has 102 valence electrons. The molecule has 0 fully saturated rings. The monoisotopic (exact) mass is 269 g/mol. The van der Waals surface area contributed by atoms with Gasteiger partial charge in [-0.3, -0.25) is 0 Å². The van der Waals surface area contributed by atoms with Crippen LogP contribution in [0.2, 0.25) is 0 Å². The van der Waals surface area contributed by atoms with Gasteiger partial charge in [-0.1, -0.05) is 12.1 Å². The summed E-state index contributed by atoms with van der Waals surface area (Å²) in [5, 5.41) is 10.6. The molecule has 0 aliphatic carbocycles. The van der Waals surface area contributed by atoms with Crippen LogP contribution in [0.1, 0.15) is 5.89 Å². The highest BCUT2D eigenvalue weighted by Crippen LogP contribution is 2.29. The molecular weight excluding hydrogens is 256 g/mol. The van der Waals surface area contributed by atoms with Crippen molar-refractivity contribution in [3.05, 3.63) is 30.2 Å². The zero-order valence-electron chi connectivity index (χ0n) is 10.3. The number of nitrogens with zero attached hydrogens (tertiary/aromatic N) is 2. The maximum atomic E-state index is 12.3. The van der Waals surface area contributed by atoms with Gasteiger partial charge in [0, 0.05) is 13.0 Å². The van der Waals surface area contributed by atoms with E-state index in [4.69, 9.17) is 4.42 Å². The van der Waals surface area contributed by atoms with Gasteiger partial charge in [0.2, 0.25) is 5.89 Å². The van der Waals surface area contributed by atoms with E-state index in [2.05, 4.69) is 20.3 Å². The number of nitrogens with one attached hydrogen (secondary N) is 1. The van der Waals surface area contributed by atoms with E-state index in [1.54, 1.807) is 18.2 Å². The standard InChI is InChI=1S/C12H13F2N3O2/c1-15-7-6-10-16-17-11(19-10)8-4-2-3-5-9(8)18-12(13)14/h2-5,12,15H,6-7H2,1H3. The van der Waals surface area contributed by atoms with Crippen molar-refractivity contribution < 1.29 is 17.9 Å². The topological polar surface area (TPSA) is 60.2 Å². The third-order valence-corrected chi connectivity index (χ3v) is 2.39. The fourth-order valence-electron chi connectivity index (χ4n) is 1.54. The average Bonchev–Trinajstić information content (AvgIpc) is 2.85. The van der Waals surface area contributed by atoms with Gasteiger partial charge in [0.05, 0.1) is 5.56 Å². The highest BCUT2D eigenvalue weighted by molar-refractivity contribution is 5.62. The predicted molar refractivity (Wildman–Crippen MR) is 64.0 cm³/mol. The summed E-state index contributed by atoms with van der Waals surface area (Å²) >= 11 is 0. The Hall–Kier alpha value is -2.02. The lowest BCUT2D eigenvalue weighted by molar-refractivity contribution is -0.0495. The average molecular weight is 269 g/mol. The van der Waals surface area contributed by atoms with Crippen molar-refractivity contribution in [1.29, 1.82) is 0 Å². The molecule has 19 heavy (non-hydrogen) atoms. The fourth-order valence-corrected chi connectivity index (χ4v) is 1.54. The number of rotatable bonds is 6. The number of para-hydroxylation sites is 1. The summed E-state index contributed by atoms with van der Waals surface area (Å²) in [5.74, 6) is 0.625. The van der Waals surface area contributed by atoms with Crippen molar-refractivity contribution in [2.75, 3.05) is 13.6 Å². The molecule has 0 amide bonds. The first kappa shape index (κ1) is 13.4. The quantitative estimate of drug-likeness (QED) is 0.870. The van der Waals surface area contributed by atoms with Gasteiger partial charge in [0.15, 0.2) is 0 Å². The maximum Gasteiger partial charge on any atom is 0.387 e. The minimum absolute atomic E-state index is 0.0151. The van der Waals surface area contributed by atoms with Crippen LogP contribution < -0.4 is 10.1 Å². The number of benzene rings is 1. The third-order valence-electron chi connectivity index (χ3n) is 2.39. The number of aromatic nitrogens is 2. The van der Waals surface area contributed by atoms with Gasteiger partial charge in [-0.25, -0.2) is 0 Å². The number of ether oxygens (including phenoxy) is 1. The van der Waals surface area contributed by atoms with Crippen LogP contribution >= 0.6 is 0 Å². The van der Waals surface area contributed by atoms with Crippen molar-refractivity contribution in [3.63, 3.8) is 0 Å². The van der Waals surface area contributed by atoms with Gasteiger partial charge in [-0.2, -0.15) is 8.78 Å². The van der Waals surface area contributed by atoms with Crippen LogP contribution in [0.4, 0.5) is 8.78 Å². The molecule has 0 aliphatic rings. The van der Waals surface area contributed by atoms with Crippen LogP contribution in [-0.2, 0) is 6.42 Å². The Bertz CT molecular complexity index is 531. The Morgan fingerprint density at radius 1 is 1.32 bits per heavy atom. The molecule has 0 unspecified atom stereocenters. The van der Waals surface area contributed by atoms with Crippen LogP contribution in [-0.4, -0.2) is 30.4 Å². The van der Waals surface area contributed by atoms with Crippen LogP contribution in [0.5, 0.6) is 5.75 Å². The molecule has 1 aromatic heterocycles. The molecular formula is C12H13F2N3O2. The Balaban J connectivity index is 2.23. The van der Waals surface area contributed by atoms with Crippen molar-refractivity contribution in [2.45, 2.75) is 13.0 Å². The Morgan fingerprint density at radius 3 is 2.84 bits per heavy atom. The van der Waals surface area contributed by atoms with E-state index in [9.17, 15) is 8.78 Å². The lowest BCUT2D eigenvalue weighted by Crippen LogP contribution is -2.10. The predicted octanol–water partition coefficient (Wildman–Crippen LogP) is 2.10. The second-order valence-electron chi connectivity index (χ2n) is 3.73. The number of alkyl halides is 2. The van der Waals surface area contributed by atoms with Crippen molar-refractivity contribution in [3.8, 4) is 17.2 Å². The molecule has 0 radical (unpaired) electrons. The fraction of sp³-hybridized carbons (Fsp3) is 0.333. The number of hydrogen-bond acceptors (Lipinski definition) is 5. The minimum atomic E-state index is -2.90. The van der Waals surface area contributed by atoms with Crippen LogP contribution in [0.25, 0.3) is 11.5 Å². The summed E-state index contributed by atoms with van der Waals surface area (Å²) in [6.45, 7) is -2.20. The van der Waals surface area contributed by atoms with Gasteiger partial charge >= 0.3 is 6.61 Å². The van der Waals surface area contributed by atoms with Gasteiger partial charge in [-0.15, -0.1) is 10.2 Å². The van der Waals surface area contributed by atoms with Crippen LogP contribution in [0.3, 0.4) is 0 Å². The summed E-state index contributed by atoms with van der Waals surface area (Å²) in [6, 6.07) is 6.30. The van der Waals surface area contributed by atoms with E-state index in [1.165, 1.54) is 6.07 Å². The summed E-state index contributed by atoms with van der Waals surface area (Å²) in [4.78, 5) is 0. The van der Waals surface area contributed by atoms with E-state index >= 15 is 0 Å². The van der Waals surface area contributed by atoms with E-state index in [-0.39, 0.29) is 11.6 Å². The smallest absolute Gasteiger partial charge is 0.387 e. The van der Waals surface area contributed by atoms with E-state index in [0.29, 0.717) is 24.4 Å². The highest BCUT2D eigenvalue weighted by Gasteiger charge is 2.15. The van der Waals surface area contributed by atoms with Crippen molar-refractivity contribution in [1.82, 2.24) is 15.5 Å². The molecule has 0 spiro atoms. The SMILES string of the molecule is CNCCc1nnc(-c2ccccc2OC(F)F)o1. The Kier molecular flexibility index (Phi) is 4.40. The molecule has 0 saturated carbocycles. The first-order valence-electron chi connectivity index (χ1n) is 5.72. The second-order valence-corrected chi connectivity index (χ2v) is 3.73. The zero-order chi connectivity index (χ0) is 13.7. The summed E-state index contributed by atoms with van der Waals surface area (Å²) in [7, 11) is 1.81. The molecule has 5 nitrogen and oxygen atoms in total. The van der Waals surface area contributed by atoms with E-state index in [1.807, 2.05) is 7.05 Å². The van der Waals surface area contributed by atoms with Crippen molar-refractivity contribution >= 4 is 0 Å². The summed E-state index contributed by atoms with van der Waals surface area (Å²) < 4.78 is 34.4. The summed E-state index contributed by atoms with van der Waals surface area (Å²) in [5.41, 5.74) is 0.353. The van der Waals surface area contributed by atoms with Crippen LogP contribution in [0, 0.1) is 0 Å². The lowest BCUT2D eigenvalue weighted by atomic mass is 10.2. The first-order valence-corrected chi connectivity index (χ1v) is 5.72. The van der Waals surface area contributed by atoms with Gasteiger partial charge in [-0.05, 0) is 19.2 Å². The molecule has 1 aromatic carbocycles. The molecule has 2 aromatic rings. The molecule has 0 bridgehead atoms. The molecule has 7 heteroatoms. The maximum absolute atomic E-state index is 12.3. The minimum Gasteiger partial charge on any atom is -0.434 e. The van der Waals surface area contributed by atoms with E-state index in [0.717, 1.165) is 0 Å². The number of likely N-dealkylation sites (N-methyl/N-ethyl adjacent to an activating group) is 1. The van der Waals surface area contributed by atoms with E-state index < -0.39 is 6.61 Å². The zero-order valence-corrected chi connectivity index (χ0v) is 10.3. The van der Waals surface area contributed by atoms with Gasteiger partial charge in [0.25, 0.3) is 5.89 Å². The van der Waals surface area contributed by atoms with Crippen molar-refractivity contribution in [2.24, 2.45) is 0 Å². The highest BCUT2D eigenvalue weighted by atomic mass is 19.3. The largest absolute Gasteiger partial charge is 0.434 e. The third kappa shape index (κ3) is 3.47. The molecule has 1 heterocycles. The van der Waals surface area contributed by atoms with Gasteiger partial charge in [0.1, 0.15) is 5.75 Å². The van der Waals surface area contributed by atoms with Gasteiger partial charge < -0.3 is 14.5 Å². The van der Waals surface area contributed by atoms with Crippen LogP contribution in [0.15, 0.2) is 28.7 Å². The summed E-state index contributed by atoms with van der Waals surface area (Å²) in [6.07, 6.45) is 0.571. The number of hydrogen-bond donors (Lipinski definition) is 1. The normalized spacial score (nSPS) is 10.9. The molecule has 0 atom stereocenters. The number of halogens is 2. The lowest BCUT2D eigenvalue weighted by Gasteiger charge is -2.07. The molecule has 2 rings (SSSR count). The molecule has 0 aliphatic heterocycles. The molecule has 0 saturated heterocycles. The Morgan fingerprint density at radius 2 is 2.11 bits per heavy atom. The molecule has 1 N–H and O–H groups in total. The second kappa shape index (κ2) is 6.24. The first-order chi connectivity index (χ1) is 9.20.